The molecular formula is C26H30N2O6S. The van der Waals surface area contributed by atoms with Gasteiger partial charge in [-0.15, -0.1) is 0 Å². The number of benzene rings is 3. The van der Waals surface area contributed by atoms with E-state index in [0.717, 1.165) is 17.5 Å². The third kappa shape index (κ3) is 8.01. The zero-order chi connectivity index (χ0) is 25.1. The highest BCUT2D eigenvalue weighted by Crippen LogP contribution is 2.27. The van der Waals surface area contributed by atoms with Gasteiger partial charge in [0.05, 0.1) is 19.1 Å². The van der Waals surface area contributed by atoms with Crippen molar-refractivity contribution in [2.45, 2.75) is 17.7 Å². The van der Waals surface area contributed by atoms with Crippen LogP contribution in [0.2, 0.25) is 0 Å². The first-order valence-corrected chi connectivity index (χ1v) is 12.6. The van der Waals surface area contributed by atoms with Gasteiger partial charge in [-0.05, 0) is 60.4 Å². The molecule has 0 unspecified atom stereocenters. The molecule has 3 rings (SSSR count). The van der Waals surface area contributed by atoms with Crippen molar-refractivity contribution in [2.75, 3.05) is 33.9 Å². The van der Waals surface area contributed by atoms with Crippen molar-refractivity contribution in [3.63, 3.8) is 0 Å². The van der Waals surface area contributed by atoms with Crippen molar-refractivity contribution in [3.05, 3.63) is 83.9 Å². The molecule has 0 aliphatic heterocycles. The fourth-order valence-corrected chi connectivity index (χ4v) is 4.39. The summed E-state index contributed by atoms with van der Waals surface area (Å²) in [5, 5.41) is 2.80. The van der Waals surface area contributed by atoms with Gasteiger partial charge in [0.1, 0.15) is 5.75 Å². The van der Waals surface area contributed by atoms with Gasteiger partial charge in [-0.25, -0.2) is 13.1 Å². The van der Waals surface area contributed by atoms with Gasteiger partial charge in [0, 0.05) is 13.1 Å². The van der Waals surface area contributed by atoms with E-state index in [2.05, 4.69) is 10.0 Å². The van der Waals surface area contributed by atoms with Gasteiger partial charge in [0.25, 0.3) is 5.91 Å². The lowest BCUT2D eigenvalue weighted by Crippen LogP contribution is -2.30. The summed E-state index contributed by atoms with van der Waals surface area (Å²) in [4.78, 5) is 12.1. The minimum atomic E-state index is -3.69. The second kappa shape index (κ2) is 12.8. The Hall–Kier alpha value is -3.56. The first-order valence-electron chi connectivity index (χ1n) is 11.2. The Bertz CT molecular complexity index is 1200. The zero-order valence-electron chi connectivity index (χ0n) is 19.8. The Morgan fingerprint density at radius 2 is 1.49 bits per heavy atom. The highest BCUT2D eigenvalue weighted by molar-refractivity contribution is 7.89. The first-order chi connectivity index (χ1) is 16.9. The molecule has 0 heterocycles. The van der Waals surface area contributed by atoms with Gasteiger partial charge in [0.15, 0.2) is 18.1 Å². The predicted octanol–water partition coefficient (Wildman–Crippen LogP) is 2.96. The molecule has 35 heavy (non-hydrogen) atoms. The molecule has 0 aliphatic rings. The van der Waals surface area contributed by atoms with Crippen LogP contribution in [0.15, 0.2) is 77.7 Å². The third-order valence-corrected chi connectivity index (χ3v) is 6.71. The number of carbonyl (C=O) groups is 1. The number of hydrogen-bond donors (Lipinski definition) is 2. The largest absolute Gasteiger partial charge is 0.493 e. The van der Waals surface area contributed by atoms with E-state index in [9.17, 15) is 13.2 Å². The summed E-state index contributed by atoms with van der Waals surface area (Å²) in [6, 6.07) is 21.3. The molecule has 0 saturated heterocycles. The van der Waals surface area contributed by atoms with Crippen LogP contribution in [0.25, 0.3) is 0 Å². The summed E-state index contributed by atoms with van der Waals surface area (Å²) in [5.74, 6) is 1.37. The molecule has 8 nitrogen and oxygen atoms in total. The first kappa shape index (κ1) is 26.1. The van der Waals surface area contributed by atoms with Crippen molar-refractivity contribution < 1.29 is 27.4 Å². The molecular weight excluding hydrogens is 468 g/mol. The second-order valence-corrected chi connectivity index (χ2v) is 9.45. The lowest BCUT2D eigenvalue weighted by atomic mass is 10.1. The minimum Gasteiger partial charge on any atom is -0.493 e. The standard InChI is InChI=1S/C26H30N2O6S/c1-32-24-13-8-21(18-25(24)33-2)15-17-28-35(30,31)23-11-9-22(10-12-23)34-19-26(29)27-16-14-20-6-4-3-5-7-20/h3-13,18,28H,14-17,19H2,1-2H3,(H,27,29). The van der Waals surface area contributed by atoms with E-state index < -0.39 is 10.0 Å². The smallest absolute Gasteiger partial charge is 0.257 e. The van der Waals surface area contributed by atoms with Crippen LogP contribution in [0.1, 0.15) is 11.1 Å². The van der Waals surface area contributed by atoms with Crippen LogP contribution in [-0.2, 0) is 27.7 Å². The van der Waals surface area contributed by atoms with Crippen LogP contribution >= 0.6 is 0 Å². The van der Waals surface area contributed by atoms with E-state index in [4.69, 9.17) is 14.2 Å². The molecule has 3 aromatic carbocycles. The fraction of sp³-hybridized carbons (Fsp3) is 0.269. The predicted molar refractivity (Wildman–Crippen MR) is 134 cm³/mol. The molecule has 0 atom stereocenters. The molecule has 0 radical (unpaired) electrons. The minimum absolute atomic E-state index is 0.115. The normalized spacial score (nSPS) is 11.0. The molecule has 0 saturated carbocycles. The molecule has 0 aliphatic carbocycles. The Morgan fingerprint density at radius 1 is 0.800 bits per heavy atom. The Labute approximate surface area is 206 Å². The van der Waals surface area contributed by atoms with Crippen LogP contribution in [0, 0.1) is 0 Å². The van der Waals surface area contributed by atoms with Gasteiger partial charge in [-0.1, -0.05) is 36.4 Å². The molecule has 1 amide bonds. The fourth-order valence-electron chi connectivity index (χ4n) is 3.36. The number of ether oxygens (including phenoxy) is 3. The van der Waals surface area contributed by atoms with Crippen LogP contribution in [0.3, 0.4) is 0 Å². The lowest BCUT2D eigenvalue weighted by Gasteiger charge is -2.11. The lowest BCUT2D eigenvalue weighted by molar-refractivity contribution is -0.123. The Kier molecular flexibility index (Phi) is 9.51. The topological polar surface area (TPSA) is 103 Å². The van der Waals surface area contributed by atoms with E-state index in [1.807, 2.05) is 42.5 Å². The molecule has 0 bridgehead atoms. The van der Waals surface area contributed by atoms with Crippen LogP contribution < -0.4 is 24.2 Å². The van der Waals surface area contributed by atoms with E-state index in [1.54, 1.807) is 20.3 Å². The summed E-state index contributed by atoms with van der Waals surface area (Å²) in [6.07, 6.45) is 1.22. The number of amides is 1. The maximum absolute atomic E-state index is 12.6. The van der Waals surface area contributed by atoms with Gasteiger partial charge in [-0.3, -0.25) is 4.79 Å². The van der Waals surface area contributed by atoms with E-state index in [0.29, 0.717) is 30.2 Å². The van der Waals surface area contributed by atoms with E-state index >= 15 is 0 Å². The summed E-state index contributed by atoms with van der Waals surface area (Å²) in [5.41, 5.74) is 2.05. The molecule has 3 aromatic rings. The van der Waals surface area contributed by atoms with Gasteiger partial charge < -0.3 is 19.5 Å². The van der Waals surface area contributed by atoms with Gasteiger partial charge in [0.2, 0.25) is 10.0 Å². The Morgan fingerprint density at radius 3 is 2.17 bits per heavy atom. The number of nitrogens with one attached hydrogen (secondary N) is 2. The van der Waals surface area contributed by atoms with E-state index in [1.165, 1.54) is 24.3 Å². The molecule has 2 N–H and O–H groups in total. The zero-order valence-corrected chi connectivity index (χ0v) is 20.6. The quantitative estimate of drug-likeness (QED) is 0.376. The van der Waals surface area contributed by atoms with Crippen molar-refractivity contribution >= 4 is 15.9 Å². The number of sulfonamides is 1. The third-order valence-electron chi connectivity index (χ3n) is 5.24. The van der Waals surface area contributed by atoms with Gasteiger partial charge in [-0.2, -0.15) is 0 Å². The molecule has 186 valence electrons. The summed E-state index contributed by atoms with van der Waals surface area (Å²) in [6.45, 7) is 0.585. The number of methoxy groups -OCH3 is 2. The van der Waals surface area contributed by atoms with Crippen LogP contribution in [-0.4, -0.2) is 48.2 Å². The van der Waals surface area contributed by atoms with Crippen molar-refractivity contribution in [1.29, 1.82) is 0 Å². The molecule has 0 aromatic heterocycles. The highest BCUT2D eigenvalue weighted by Gasteiger charge is 2.14. The van der Waals surface area contributed by atoms with Crippen LogP contribution in [0.4, 0.5) is 0 Å². The van der Waals surface area contributed by atoms with E-state index in [-0.39, 0.29) is 24.0 Å². The summed E-state index contributed by atoms with van der Waals surface area (Å²) >= 11 is 0. The highest BCUT2D eigenvalue weighted by atomic mass is 32.2. The average molecular weight is 499 g/mol. The maximum Gasteiger partial charge on any atom is 0.257 e. The summed E-state index contributed by atoms with van der Waals surface area (Å²) in [7, 11) is -0.575. The number of carbonyl (C=O) groups excluding carboxylic acids is 1. The summed E-state index contributed by atoms with van der Waals surface area (Å²) < 4.78 is 43.7. The SMILES string of the molecule is COc1ccc(CCNS(=O)(=O)c2ccc(OCC(=O)NCCc3ccccc3)cc2)cc1OC. The maximum atomic E-state index is 12.6. The van der Waals surface area contributed by atoms with Gasteiger partial charge >= 0.3 is 0 Å². The number of hydrogen-bond acceptors (Lipinski definition) is 6. The van der Waals surface area contributed by atoms with Crippen LogP contribution in [0.5, 0.6) is 17.2 Å². The number of rotatable bonds is 13. The molecule has 0 fully saturated rings. The Balaban J connectivity index is 1.43. The van der Waals surface area contributed by atoms with Crippen molar-refractivity contribution in [3.8, 4) is 17.2 Å². The van der Waals surface area contributed by atoms with Crippen molar-refractivity contribution in [1.82, 2.24) is 10.0 Å². The second-order valence-electron chi connectivity index (χ2n) is 7.68. The molecule has 9 heteroatoms. The molecule has 0 spiro atoms. The van der Waals surface area contributed by atoms with Crippen molar-refractivity contribution in [2.24, 2.45) is 0 Å². The average Bonchev–Trinajstić information content (AvgIpc) is 2.88. The monoisotopic (exact) mass is 498 g/mol.